The number of alkyl halides is 3. The predicted octanol–water partition coefficient (Wildman–Crippen LogP) is 3.04. The fourth-order valence-corrected chi connectivity index (χ4v) is 1.58. The first kappa shape index (κ1) is 13.1. The molecule has 0 unspecified atom stereocenters. The number of benzene rings is 1. The minimum atomic E-state index is -4.65. The number of carbonyl (C=O) groups is 1. The van der Waals surface area contributed by atoms with Crippen molar-refractivity contribution in [1.29, 1.82) is 0 Å². The third kappa shape index (κ3) is 2.73. The zero-order valence-electron chi connectivity index (χ0n) is 9.48. The van der Waals surface area contributed by atoms with Crippen molar-refractivity contribution in [2.45, 2.75) is 6.18 Å². The average Bonchev–Trinajstić information content (AvgIpc) is 2.37. The second kappa shape index (κ2) is 4.72. The maximum atomic E-state index is 12.5. The molecule has 0 atom stereocenters. The highest BCUT2D eigenvalue weighted by molar-refractivity contribution is 6.09. The van der Waals surface area contributed by atoms with E-state index in [4.69, 9.17) is 0 Å². The summed E-state index contributed by atoms with van der Waals surface area (Å²) in [7, 11) is 0. The summed E-state index contributed by atoms with van der Waals surface area (Å²) in [6, 6.07) is 5.41. The summed E-state index contributed by atoms with van der Waals surface area (Å²) < 4.78 is 37.4. The molecule has 0 bridgehead atoms. The quantitative estimate of drug-likeness (QED) is 0.851. The van der Waals surface area contributed by atoms with Gasteiger partial charge in [0.05, 0.1) is 5.56 Å². The summed E-state index contributed by atoms with van der Waals surface area (Å²) in [4.78, 5) is 15.7. The van der Waals surface area contributed by atoms with Crippen LogP contribution in [-0.4, -0.2) is 15.9 Å². The summed E-state index contributed by atoms with van der Waals surface area (Å²) in [5.74, 6) is -1.45. The SMILES string of the molecule is O=C(c1ccncc1)c1ccc(C(F)(F)F)c(O)c1. The second-order valence-corrected chi connectivity index (χ2v) is 3.79. The molecule has 1 aromatic heterocycles. The molecule has 3 nitrogen and oxygen atoms in total. The molecular formula is C13H8F3NO2. The Hall–Kier alpha value is -2.37. The molecule has 0 aliphatic rings. The Morgan fingerprint density at radius 2 is 1.68 bits per heavy atom. The summed E-state index contributed by atoms with van der Waals surface area (Å²) in [6.07, 6.45) is -1.85. The molecule has 2 rings (SSSR count). The van der Waals surface area contributed by atoms with Crippen LogP contribution in [0.3, 0.4) is 0 Å². The van der Waals surface area contributed by atoms with Gasteiger partial charge < -0.3 is 5.11 Å². The third-order valence-electron chi connectivity index (χ3n) is 2.51. The van der Waals surface area contributed by atoms with Gasteiger partial charge in [-0.05, 0) is 24.3 Å². The van der Waals surface area contributed by atoms with Crippen molar-refractivity contribution < 1.29 is 23.1 Å². The van der Waals surface area contributed by atoms with Crippen LogP contribution in [0.5, 0.6) is 5.75 Å². The van der Waals surface area contributed by atoms with Gasteiger partial charge in [0.15, 0.2) is 5.78 Å². The maximum absolute atomic E-state index is 12.5. The molecule has 0 aliphatic carbocycles. The molecule has 0 spiro atoms. The largest absolute Gasteiger partial charge is 0.507 e. The highest BCUT2D eigenvalue weighted by Crippen LogP contribution is 2.36. The van der Waals surface area contributed by atoms with Crippen molar-refractivity contribution >= 4 is 5.78 Å². The average molecular weight is 267 g/mol. The number of nitrogens with zero attached hydrogens (tertiary/aromatic N) is 1. The Morgan fingerprint density at radius 1 is 1.05 bits per heavy atom. The molecular weight excluding hydrogens is 259 g/mol. The van der Waals surface area contributed by atoms with Crippen molar-refractivity contribution in [3.05, 3.63) is 59.4 Å². The minimum absolute atomic E-state index is 0.0169. The Labute approximate surface area is 106 Å². The summed E-state index contributed by atoms with van der Waals surface area (Å²) in [5.41, 5.74) is -0.898. The Bertz CT molecular complexity index is 609. The standard InChI is InChI=1S/C13H8F3NO2/c14-13(15,16)10-2-1-9(7-11(10)18)12(19)8-3-5-17-6-4-8/h1-7,18H. The monoisotopic (exact) mass is 267 g/mol. The highest BCUT2D eigenvalue weighted by Gasteiger charge is 2.34. The van der Waals surface area contributed by atoms with Crippen LogP contribution in [0.15, 0.2) is 42.7 Å². The fourth-order valence-electron chi connectivity index (χ4n) is 1.58. The van der Waals surface area contributed by atoms with E-state index in [9.17, 15) is 23.1 Å². The first-order chi connectivity index (χ1) is 8.89. The van der Waals surface area contributed by atoms with Crippen LogP contribution < -0.4 is 0 Å². The van der Waals surface area contributed by atoms with Crippen LogP contribution >= 0.6 is 0 Å². The molecule has 0 amide bonds. The molecule has 0 fully saturated rings. The van der Waals surface area contributed by atoms with Crippen LogP contribution in [0.4, 0.5) is 13.2 Å². The number of pyridine rings is 1. The number of aromatic nitrogens is 1. The van der Waals surface area contributed by atoms with E-state index in [0.29, 0.717) is 6.07 Å². The van der Waals surface area contributed by atoms with Crippen molar-refractivity contribution in [3.8, 4) is 5.75 Å². The Morgan fingerprint density at radius 3 is 2.21 bits per heavy atom. The van der Waals surface area contributed by atoms with Gasteiger partial charge in [-0.3, -0.25) is 9.78 Å². The highest BCUT2D eigenvalue weighted by atomic mass is 19.4. The van der Waals surface area contributed by atoms with E-state index in [-0.39, 0.29) is 11.1 Å². The molecule has 0 saturated heterocycles. The van der Waals surface area contributed by atoms with Crippen LogP contribution in [0.1, 0.15) is 21.5 Å². The number of phenolic OH excluding ortho intramolecular Hbond substituents is 1. The molecule has 1 N–H and O–H groups in total. The molecule has 2 aromatic rings. The van der Waals surface area contributed by atoms with E-state index in [2.05, 4.69) is 4.98 Å². The topological polar surface area (TPSA) is 50.2 Å². The lowest BCUT2D eigenvalue weighted by atomic mass is 10.0. The molecule has 0 aliphatic heterocycles. The fraction of sp³-hybridized carbons (Fsp3) is 0.0769. The van der Waals surface area contributed by atoms with Gasteiger partial charge in [0.2, 0.25) is 0 Å². The normalized spacial score (nSPS) is 11.3. The number of carbonyl (C=O) groups excluding carboxylic acids is 1. The van der Waals surface area contributed by atoms with E-state index < -0.39 is 23.3 Å². The maximum Gasteiger partial charge on any atom is 0.419 e. The predicted molar refractivity (Wildman–Crippen MR) is 60.8 cm³/mol. The third-order valence-corrected chi connectivity index (χ3v) is 2.51. The number of phenols is 1. The molecule has 6 heteroatoms. The van der Waals surface area contributed by atoms with E-state index >= 15 is 0 Å². The Kier molecular flexibility index (Phi) is 3.25. The number of hydrogen-bond acceptors (Lipinski definition) is 3. The van der Waals surface area contributed by atoms with Gasteiger partial charge in [-0.25, -0.2) is 0 Å². The zero-order chi connectivity index (χ0) is 14.0. The summed E-state index contributed by atoms with van der Waals surface area (Å²) in [6.45, 7) is 0. The first-order valence-electron chi connectivity index (χ1n) is 5.24. The Balaban J connectivity index is 2.38. The van der Waals surface area contributed by atoms with E-state index in [0.717, 1.165) is 12.1 Å². The smallest absolute Gasteiger partial charge is 0.419 e. The van der Waals surface area contributed by atoms with Gasteiger partial charge in [-0.15, -0.1) is 0 Å². The van der Waals surface area contributed by atoms with Gasteiger partial charge in [-0.2, -0.15) is 13.2 Å². The second-order valence-electron chi connectivity index (χ2n) is 3.79. The molecule has 0 radical (unpaired) electrons. The molecule has 1 aromatic carbocycles. The zero-order valence-corrected chi connectivity index (χ0v) is 9.48. The van der Waals surface area contributed by atoms with Gasteiger partial charge in [-0.1, -0.05) is 6.07 Å². The number of ketones is 1. The minimum Gasteiger partial charge on any atom is -0.507 e. The summed E-state index contributed by atoms with van der Waals surface area (Å²) >= 11 is 0. The van der Waals surface area contributed by atoms with Crippen molar-refractivity contribution in [1.82, 2.24) is 4.98 Å². The van der Waals surface area contributed by atoms with Crippen molar-refractivity contribution in [3.63, 3.8) is 0 Å². The number of hydrogen-bond donors (Lipinski definition) is 1. The van der Waals surface area contributed by atoms with Crippen molar-refractivity contribution in [2.24, 2.45) is 0 Å². The molecule has 0 saturated carbocycles. The van der Waals surface area contributed by atoms with Gasteiger partial charge in [0, 0.05) is 23.5 Å². The van der Waals surface area contributed by atoms with Crippen LogP contribution in [0.25, 0.3) is 0 Å². The van der Waals surface area contributed by atoms with Gasteiger partial charge in [0.25, 0.3) is 0 Å². The van der Waals surface area contributed by atoms with Gasteiger partial charge in [0.1, 0.15) is 5.75 Å². The number of aromatic hydroxyl groups is 1. The van der Waals surface area contributed by atoms with E-state index in [1.54, 1.807) is 0 Å². The van der Waals surface area contributed by atoms with E-state index in [1.807, 2.05) is 0 Å². The lowest BCUT2D eigenvalue weighted by Crippen LogP contribution is -2.07. The summed E-state index contributed by atoms with van der Waals surface area (Å²) in [5, 5.41) is 9.34. The van der Waals surface area contributed by atoms with Gasteiger partial charge >= 0.3 is 6.18 Å². The van der Waals surface area contributed by atoms with Crippen LogP contribution in [0.2, 0.25) is 0 Å². The van der Waals surface area contributed by atoms with E-state index in [1.165, 1.54) is 24.5 Å². The lowest BCUT2D eigenvalue weighted by Gasteiger charge is -2.09. The lowest BCUT2D eigenvalue weighted by molar-refractivity contribution is -0.138. The van der Waals surface area contributed by atoms with Crippen LogP contribution in [0, 0.1) is 0 Å². The molecule has 98 valence electrons. The molecule has 1 heterocycles. The number of rotatable bonds is 2. The van der Waals surface area contributed by atoms with Crippen molar-refractivity contribution in [2.75, 3.05) is 0 Å². The van der Waals surface area contributed by atoms with Crippen LogP contribution in [-0.2, 0) is 6.18 Å². The molecule has 19 heavy (non-hydrogen) atoms. The number of halogens is 3. The first-order valence-corrected chi connectivity index (χ1v) is 5.24.